The average Bonchev–Trinajstić information content (AvgIpc) is 3.20. The van der Waals surface area contributed by atoms with Crippen LogP contribution in [0.3, 0.4) is 0 Å². The highest BCUT2D eigenvalue weighted by Gasteiger charge is 2.32. The zero-order chi connectivity index (χ0) is 13.2. The number of benzene rings is 1. The van der Waals surface area contributed by atoms with Gasteiger partial charge in [0.1, 0.15) is 5.75 Å². The second kappa shape index (κ2) is 5.12. The molecule has 0 spiro atoms. The van der Waals surface area contributed by atoms with E-state index in [2.05, 4.69) is 11.3 Å². The molecule has 1 aromatic rings. The SMILES string of the molecule is C=C(C1CC1)S(=O)(=O)NCc1ccc(OC)cc1. The van der Waals surface area contributed by atoms with Gasteiger partial charge < -0.3 is 4.74 Å². The number of hydrogen-bond donors (Lipinski definition) is 1. The standard InChI is InChI=1S/C13H17NO3S/c1-10(12-5-6-12)18(15,16)14-9-11-3-7-13(17-2)8-4-11/h3-4,7-8,12,14H,1,5-6,9H2,2H3. The molecule has 0 heterocycles. The summed E-state index contributed by atoms with van der Waals surface area (Å²) in [4.78, 5) is 0.316. The Balaban J connectivity index is 1.95. The van der Waals surface area contributed by atoms with Crippen molar-refractivity contribution < 1.29 is 13.2 Å². The van der Waals surface area contributed by atoms with Gasteiger partial charge in [0, 0.05) is 6.54 Å². The minimum Gasteiger partial charge on any atom is -0.497 e. The van der Waals surface area contributed by atoms with E-state index in [1.54, 1.807) is 19.2 Å². The minimum absolute atomic E-state index is 0.151. The predicted molar refractivity (Wildman–Crippen MR) is 70.6 cm³/mol. The molecule has 0 bridgehead atoms. The summed E-state index contributed by atoms with van der Waals surface area (Å²) >= 11 is 0. The first-order chi connectivity index (χ1) is 8.53. The summed E-state index contributed by atoms with van der Waals surface area (Å²) in [5.41, 5.74) is 0.892. The maximum absolute atomic E-state index is 11.9. The van der Waals surface area contributed by atoms with Crippen LogP contribution in [0.15, 0.2) is 35.7 Å². The lowest BCUT2D eigenvalue weighted by molar-refractivity contribution is 0.414. The van der Waals surface area contributed by atoms with Crippen LogP contribution in [-0.2, 0) is 16.6 Å². The zero-order valence-electron chi connectivity index (χ0n) is 10.3. The Morgan fingerprint density at radius 3 is 2.50 bits per heavy atom. The van der Waals surface area contributed by atoms with Crippen LogP contribution < -0.4 is 9.46 Å². The van der Waals surface area contributed by atoms with Crippen LogP contribution in [-0.4, -0.2) is 15.5 Å². The van der Waals surface area contributed by atoms with Crippen LogP contribution in [0.2, 0.25) is 0 Å². The number of methoxy groups -OCH3 is 1. The topological polar surface area (TPSA) is 55.4 Å². The Labute approximate surface area is 108 Å². The van der Waals surface area contributed by atoms with E-state index >= 15 is 0 Å². The first-order valence-electron chi connectivity index (χ1n) is 5.84. The van der Waals surface area contributed by atoms with E-state index in [9.17, 15) is 8.42 Å². The van der Waals surface area contributed by atoms with Crippen LogP contribution in [0.25, 0.3) is 0 Å². The molecule has 1 N–H and O–H groups in total. The smallest absolute Gasteiger partial charge is 0.236 e. The van der Waals surface area contributed by atoms with Gasteiger partial charge in [-0.15, -0.1) is 0 Å². The lowest BCUT2D eigenvalue weighted by Gasteiger charge is -2.08. The molecule has 0 aliphatic heterocycles. The van der Waals surface area contributed by atoms with Gasteiger partial charge in [0.15, 0.2) is 0 Å². The highest BCUT2D eigenvalue weighted by molar-refractivity contribution is 7.93. The third-order valence-electron chi connectivity index (χ3n) is 3.00. The lowest BCUT2D eigenvalue weighted by Crippen LogP contribution is -2.24. The van der Waals surface area contributed by atoms with Crippen LogP contribution in [0.4, 0.5) is 0 Å². The minimum atomic E-state index is -3.39. The molecule has 1 aliphatic rings. The number of allylic oxidation sites excluding steroid dienone is 1. The largest absolute Gasteiger partial charge is 0.497 e. The normalized spacial score (nSPS) is 15.4. The van der Waals surface area contributed by atoms with Gasteiger partial charge in [-0.25, -0.2) is 13.1 Å². The van der Waals surface area contributed by atoms with Gasteiger partial charge in [0.25, 0.3) is 0 Å². The Morgan fingerprint density at radius 2 is 2.00 bits per heavy atom. The van der Waals surface area contributed by atoms with Crippen LogP contribution in [0.5, 0.6) is 5.75 Å². The van der Waals surface area contributed by atoms with Gasteiger partial charge >= 0.3 is 0 Å². The molecule has 98 valence electrons. The first-order valence-corrected chi connectivity index (χ1v) is 7.32. The Morgan fingerprint density at radius 1 is 1.39 bits per heavy atom. The molecule has 0 radical (unpaired) electrons. The molecule has 18 heavy (non-hydrogen) atoms. The van der Waals surface area contributed by atoms with Gasteiger partial charge in [-0.05, 0) is 36.5 Å². The van der Waals surface area contributed by atoms with Crippen molar-refractivity contribution in [1.29, 1.82) is 0 Å². The van der Waals surface area contributed by atoms with Crippen molar-refractivity contribution in [3.8, 4) is 5.75 Å². The second-order valence-electron chi connectivity index (χ2n) is 4.41. The van der Waals surface area contributed by atoms with Crippen molar-refractivity contribution >= 4 is 10.0 Å². The maximum Gasteiger partial charge on any atom is 0.236 e. The maximum atomic E-state index is 11.9. The van der Waals surface area contributed by atoms with E-state index in [1.807, 2.05) is 12.1 Å². The molecule has 0 unspecified atom stereocenters. The third kappa shape index (κ3) is 3.11. The summed E-state index contributed by atoms with van der Waals surface area (Å²) in [6.45, 7) is 3.93. The zero-order valence-corrected chi connectivity index (χ0v) is 11.2. The van der Waals surface area contributed by atoms with Crippen molar-refractivity contribution in [2.75, 3.05) is 7.11 Å². The number of sulfonamides is 1. The Bertz CT molecular complexity index is 530. The summed E-state index contributed by atoms with van der Waals surface area (Å²) in [7, 11) is -1.79. The van der Waals surface area contributed by atoms with Gasteiger partial charge in [-0.3, -0.25) is 0 Å². The van der Waals surface area contributed by atoms with Crippen LogP contribution >= 0.6 is 0 Å². The molecule has 1 aromatic carbocycles. The average molecular weight is 267 g/mol. The summed E-state index contributed by atoms with van der Waals surface area (Å²) in [6, 6.07) is 7.28. The molecule has 4 nitrogen and oxygen atoms in total. The number of rotatable bonds is 6. The highest BCUT2D eigenvalue weighted by atomic mass is 32.2. The van der Waals surface area contributed by atoms with E-state index in [0.29, 0.717) is 4.91 Å². The van der Waals surface area contributed by atoms with E-state index in [0.717, 1.165) is 24.2 Å². The second-order valence-corrected chi connectivity index (χ2v) is 6.23. The molecule has 5 heteroatoms. The third-order valence-corrected chi connectivity index (χ3v) is 4.55. The van der Waals surface area contributed by atoms with E-state index in [1.165, 1.54) is 0 Å². The van der Waals surface area contributed by atoms with E-state index in [-0.39, 0.29) is 12.5 Å². The fourth-order valence-electron chi connectivity index (χ4n) is 1.64. The number of hydrogen-bond acceptors (Lipinski definition) is 3. The molecular formula is C13H17NO3S. The molecule has 0 atom stereocenters. The number of nitrogens with one attached hydrogen (secondary N) is 1. The Kier molecular flexibility index (Phi) is 3.73. The van der Waals surface area contributed by atoms with Crippen molar-refractivity contribution in [2.24, 2.45) is 5.92 Å². The van der Waals surface area contributed by atoms with Crippen molar-refractivity contribution in [1.82, 2.24) is 4.72 Å². The molecule has 0 saturated heterocycles. The lowest BCUT2D eigenvalue weighted by atomic mass is 10.2. The quantitative estimate of drug-likeness (QED) is 0.858. The molecule has 0 amide bonds. The molecule has 0 aromatic heterocycles. The van der Waals surface area contributed by atoms with Crippen molar-refractivity contribution in [3.63, 3.8) is 0 Å². The van der Waals surface area contributed by atoms with Crippen LogP contribution in [0.1, 0.15) is 18.4 Å². The predicted octanol–water partition coefficient (Wildman–Crippen LogP) is 2.04. The molecule has 1 aliphatic carbocycles. The molecule has 1 fully saturated rings. The molecule has 2 rings (SSSR count). The van der Waals surface area contributed by atoms with Gasteiger partial charge in [0.05, 0.1) is 12.0 Å². The van der Waals surface area contributed by atoms with E-state index < -0.39 is 10.0 Å². The van der Waals surface area contributed by atoms with Gasteiger partial charge in [-0.1, -0.05) is 18.7 Å². The molecular weight excluding hydrogens is 250 g/mol. The van der Waals surface area contributed by atoms with Gasteiger partial charge in [0.2, 0.25) is 10.0 Å². The fraction of sp³-hybridized carbons (Fsp3) is 0.385. The summed E-state index contributed by atoms with van der Waals surface area (Å²) in [6.07, 6.45) is 1.87. The summed E-state index contributed by atoms with van der Waals surface area (Å²) < 4.78 is 31.4. The highest BCUT2D eigenvalue weighted by Crippen LogP contribution is 2.37. The first kappa shape index (κ1) is 13.1. The van der Waals surface area contributed by atoms with Crippen molar-refractivity contribution in [3.05, 3.63) is 41.3 Å². The van der Waals surface area contributed by atoms with Gasteiger partial charge in [-0.2, -0.15) is 0 Å². The molecule has 1 saturated carbocycles. The summed E-state index contributed by atoms with van der Waals surface area (Å²) in [5.74, 6) is 0.905. The monoisotopic (exact) mass is 267 g/mol. The summed E-state index contributed by atoms with van der Waals surface area (Å²) in [5, 5.41) is 0. The fourth-order valence-corrected chi connectivity index (χ4v) is 2.86. The van der Waals surface area contributed by atoms with Crippen LogP contribution in [0, 0.1) is 5.92 Å². The van der Waals surface area contributed by atoms with E-state index in [4.69, 9.17) is 4.74 Å². The van der Waals surface area contributed by atoms with Crippen molar-refractivity contribution in [2.45, 2.75) is 19.4 Å². The number of ether oxygens (including phenoxy) is 1. The Hall–Kier alpha value is -1.33.